The van der Waals surface area contributed by atoms with Gasteiger partial charge in [-0.15, -0.1) is 0 Å². The molecule has 0 amide bonds. The van der Waals surface area contributed by atoms with Gasteiger partial charge < -0.3 is 5.32 Å². The minimum Gasteiger partial charge on any atom is -0.308 e. The standard InChI is InChI=1S/C13H25N3/c1-5-9-16-12(7-8-15-16)10-14-13(6-2)11(3)4/h7-8,11,13-14H,5-6,9-10H2,1-4H3. The fraction of sp³-hybridized carbons (Fsp3) is 0.769. The van der Waals surface area contributed by atoms with Crippen LogP contribution in [0.4, 0.5) is 0 Å². The number of rotatable bonds is 7. The molecule has 3 nitrogen and oxygen atoms in total. The molecule has 1 aromatic rings. The van der Waals surface area contributed by atoms with Crippen molar-refractivity contribution >= 4 is 0 Å². The Bertz CT molecular complexity index is 291. The first kappa shape index (κ1) is 13.2. The number of nitrogens with zero attached hydrogens (tertiary/aromatic N) is 2. The highest BCUT2D eigenvalue weighted by atomic mass is 15.3. The summed E-state index contributed by atoms with van der Waals surface area (Å²) in [7, 11) is 0. The molecular formula is C13H25N3. The van der Waals surface area contributed by atoms with E-state index in [2.05, 4.69) is 48.9 Å². The van der Waals surface area contributed by atoms with E-state index in [1.807, 2.05) is 6.20 Å². The molecule has 1 aromatic heterocycles. The van der Waals surface area contributed by atoms with E-state index in [1.54, 1.807) is 0 Å². The van der Waals surface area contributed by atoms with E-state index in [4.69, 9.17) is 0 Å². The van der Waals surface area contributed by atoms with Crippen LogP contribution in [0.15, 0.2) is 12.3 Å². The second-order valence-corrected chi connectivity index (χ2v) is 4.69. The Labute approximate surface area is 99.2 Å². The van der Waals surface area contributed by atoms with Crippen molar-refractivity contribution in [2.45, 2.75) is 59.7 Å². The third kappa shape index (κ3) is 3.63. The highest BCUT2D eigenvalue weighted by Gasteiger charge is 2.11. The third-order valence-electron chi connectivity index (χ3n) is 3.03. The van der Waals surface area contributed by atoms with Gasteiger partial charge >= 0.3 is 0 Å². The zero-order valence-electron chi connectivity index (χ0n) is 11.0. The average molecular weight is 223 g/mol. The Morgan fingerprint density at radius 2 is 2.12 bits per heavy atom. The Morgan fingerprint density at radius 3 is 2.69 bits per heavy atom. The quantitative estimate of drug-likeness (QED) is 0.770. The predicted molar refractivity (Wildman–Crippen MR) is 68.3 cm³/mol. The van der Waals surface area contributed by atoms with Crippen LogP contribution >= 0.6 is 0 Å². The molecule has 0 radical (unpaired) electrons. The number of hydrogen-bond acceptors (Lipinski definition) is 2. The van der Waals surface area contributed by atoms with Crippen molar-refractivity contribution < 1.29 is 0 Å². The predicted octanol–water partition coefficient (Wildman–Crippen LogP) is 2.82. The van der Waals surface area contributed by atoms with Gasteiger partial charge in [-0.05, 0) is 24.8 Å². The second-order valence-electron chi connectivity index (χ2n) is 4.69. The molecule has 16 heavy (non-hydrogen) atoms. The number of aryl methyl sites for hydroxylation is 1. The van der Waals surface area contributed by atoms with Gasteiger partial charge in [0.25, 0.3) is 0 Å². The van der Waals surface area contributed by atoms with Crippen molar-refractivity contribution in [2.24, 2.45) is 5.92 Å². The molecule has 0 fully saturated rings. The van der Waals surface area contributed by atoms with Gasteiger partial charge in [0.05, 0.1) is 5.69 Å². The molecule has 1 unspecified atom stereocenters. The van der Waals surface area contributed by atoms with E-state index >= 15 is 0 Å². The monoisotopic (exact) mass is 223 g/mol. The van der Waals surface area contributed by atoms with Crippen molar-refractivity contribution in [1.82, 2.24) is 15.1 Å². The Hall–Kier alpha value is -0.830. The smallest absolute Gasteiger partial charge is 0.0522 e. The summed E-state index contributed by atoms with van der Waals surface area (Å²) >= 11 is 0. The van der Waals surface area contributed by atoms with Gasteiger partial charge in [-0.3, -0.25) is 4.68 Å². The van der Waals surface area contributed by atoms with Crippen LogP contribution in [0.1, 0.15) is 46.2 Å². The van der Waals surface area contributed by atoms with E-state index < -0.39 is 0 Å². The highest BCUT2D eigenvalue weighted by Crippen LogP contribution is 2.07. The van der Waals surface area contributed by atoms with Crippen LogP contribution in [-0.4, -0.2) is 15.8 Å². The fourth-order valence-corrected chi connectivity index (χ4v) is 2.01. The van der Waals surface area contributed by atoms with Crippen molar-refractivity contribution in [1.29, 1.82) is 0 Å². The van der Waals surface area contributed by atoms with Crippen LogP contribution in [0.3, 0.4) is 0 Å². The van der Waals surface area contributed by atoms with Crippen LogP contribution < -0.4 is 5.32 Å². The van der Waals surface area contributed by atoms with E-state index in [-0.39, 0.29) is 0 Å². The SMILES string of the molecule is CCCn1nccc1CNC(CC)C(C)C. The summed E-state index contributed by atoms with van der Waals surface area (Å²) in [6.07, 6.45) is 4.21. The van der Waals surface area contributed by atoms with Gasteiger partial charge in [0, 0.05) is 25.3 Å². The van der Waals surface area contributed by atoms with E-state index in [9.17, 15) is 0 Å². The average Bonchev–Trinajstić information content (AvgIpc) is 2.67. The molecule has 0 aliphatic carbocycles. The van der Waals surface area contributed by atoms with Crippen LogP contribution in [-0.2, 0) is 13.1 Å². The Kier molecular flexibility index (Phi) is 5.53. The first-order chi connectivity index (χ1) is 7.69. The summed E-state index contributed by atoms with van der Waals surface area (Å²) < 4.78 is 2.10. The summed E-state index contributed by atoms with van der Waals surface area (Å²) in [6, 6.07) is 2.71. The lowest BCUT2D eigenvalue weighted by Crippen LogP contribution is -2.33. The van der Waals surface area contributed by atoms with Crippen molar-refractivity contribution in [3.8, 4) is 0 Å². The Morgan fingerprint density at radius 1 is 1.38 bits per heavy atom. The molecule has 0 spiro atoms. The largest absolute Gasteiger partial charge is 0.308 e. The van der Waals surface area contributed by atoms with Gasteiger partial charge in [-0.2, -0.15) is 5.10 Å². The first-order valence-corrected chi connectivity index (χ1v) is 6.43. The lowest BCUT2D eigenvalue weighted by Gasteiger charge is -2.20. The summed E-state index contributed by atoms with van der Waals surface area (Å²) in [4.78, 5) is 0. The van der Waals surface area contributed by atoms with E-state index in [1.165, 1.54) is 12.1 Å². The maximum Gasteiger partial charge on any atom is 0.0522 e. The van der Waals surface area contributed by atoms with Gasteiger partial charge in [-0.1, -0.05) is 27.7 Å². The molecule has 0 saturated carbocycles. The van der Waals surface area contributed by atoms with E-state index in [0.717, 1.165) is 19.5 Å². The van der Waals surface area contributed by atoms with Gasteiger partial charge in [0.15, 0.2) is 0 Å². The van der Waals surface area contributed by atoms with Crippen LogP contribution in [0, 0.1) is 5.92 Å². The molecule has 92 valence electrons. The molecule has 3 heteroatoms. The van der Waals surface area contributed by atoms with Gasteiger partial charge in [0.2, 0.25) is 0 Å². The minimum absolute atomic E-state index is 0.602. The van der Waals surface area contributed by atoms with Crippen LogP contribution in [0.5, 0.6) is 0 Å². The summed E-state index contributed by atoms with van der Waals surface area (Å²) in [5.74, 6) is 0.688. The summed E-state index contributed by atoms with van der Waals surface area (Å²) in [5.41, 5.74) is 1.29. The molecule has 0 aromatic carbocycles. The maximum atomic E-state index is 4.33. The molecule has 1 N–H and O–H groups in total. The minimum atomic E-state index is 0.602. The first-order valence-electron chi connectivity index (χ1n) is 6.43. The Balaban J connectivity index is 2.49. The molecule has 1 rings (SSSR count). The van der Waals surface area contributed by atoms with Gasteiger partial charge in [-0.25, -0.2) is 0 Å². The third-order valence-corrected chi connectivity index (χ3v) is 3.03. The highest BCUT2D eigenvalue weighted by molar-refractivity contribution is 5.00. The fourth-order valence-electron chi connectivity index (χ4n) is 2.01. The van der Waals surface area contributed by atoms with Crippen molar-refractivity contribution in [3.05, 3.63) is 18.0 Å². The molecule has 0 saturated heterocycles. The van der Waals surface area contributed by atoms with E-state index in [0.29, 0.717) is 12.0 Å². The molecule has 0 aliphatic heterocycles. The van der Waals surface area contributed by atoms with Crippen LogP contribution in [0.25, 0.3) is 0 Å². The number of aromatic nitrogens is 2. The lowest BCUT2D eigenvalue weighted by molar-refractivity contribution is 0.380. The zero-order chi connectivity index (χ0) is 12.0. The topological polar surface area (TPSA) is 29.9 Å². The van der Waals surface area contributed by atoms with Gasteiger partial charge in [0.1, 0.15) is 0 Å². The van der Waals surface area contributed by atoms with Crippen molar-refractivity contribution in [2.75, 3.05) is 0 Å². The normalized spacial score (nSPS) is 13.3. The lowest BCUT2D eigenvalue weighted by atomic mass is 10.0. The zero-order valence-corrected chi connectivity index (χ0v) is 11.0. The molecule has 1 atom stereocenters. The summed E-state index contributed by atoms with van der Waals surface area (Å²) in [6.45, 7) is 10.9. The number of nitrogens with one attached hydrogen (secondary N) is 1. The number of hydrogen-bond donors (Lipinski definition) is 1. The van der Waals surface area contributed by atoms with Crippen molar-refractivity contribution in [3.63, 3.8) is 0 Å². The van der Waals surface area contributed by atoms with Crippen LogP contribution in [0.2, 0.25) is 0 Å². The summed E-state index contributed by atoms with van der Waals surface area (Å²) in [5, 5.41) is 7.94. The molecule has 0 bridgehead atoms. The molecule has 1 heterocycles. The second kappa shape index (κ2) is 6.69. The molecule has 0 aliphatic rings. The molecular weight excluding hydrogens is 198 g/mol. The maximum absolute atomic E-state index is 4.33.